The molecule has 0 saturated heterocycles. The Morgan fingerprint density at radius 2 is 1.88 bits per heavy atom. The number of hydrogen-bond acceptors (Lipinski definition) is 3. The van der Waals surface area contributed by atoms with Crippen LogP contribution in [0.25, 0.3) is 0 Å². The van der Waals surface area contributed by atoms with E-state index in [9.17, 15) is 13.2 Å². The second-order valence-corrected chi connectivity index (χ2v) is 4.34. The number of aromatic nitrogens is 3. The number of hydrogen-bond donors (Lipinski definition) is 1. The van der Waals surface area contributed by atoms with Gasteiger partial charge in [0.15, 0.2) is 5.69 Å². The minimum Gasteiger partial charge on any atom is -0.314 e. The Morgan fingerprint density at radius 1 is 1.29 bits per heavy atom. The van der Waals surface area contributed by atoms with E-state index in [-0.39, 0.29) is 24.2 Å². The van der Waals surface area contributed by atoms with Gasteiger partial charge in [-0.2, -0.15) is 13.2 Å². The molecule has 1 heterocycles. The van der Waals surface area contributed by atoms with Gasteiger partial charge < -0.3 is 5.32 Å². The number of nitrogens with one attached hydrogen (secondary N) is 1. The zero-order valence-corrected chi connectivity index (χ0v) is 10.3. The molecule has 0 amide bonds. The van der Waals surface area contributed by atoms with Crippen molar-refractivity contribution in [1.82, 2.24) is 20.3 Å². The van der Waals surface area contributed by atoms with Crippen molar-refractivity contribution in [2.75, 3.05) is 7.05 Å². The summed E-state index contributed by atoms with van der Waals surface area (Å²) in [5, 5.41) is 9.90. The molecule has 1 N–H and O–H groups in total. The van der Waals surface area contributed by atoms with Crippen LogP contribution in [0, 0.1) is 5.92 Å². The lowest BCUT2D eigenvalue weighted by molar-refractivity contribution is -0.145. The Bertz CT molecular complexity index is 370. The lowest BCUT2D eigenvalue weighted by Crippen LogP contribution is -2.23. The molecular formula is C10H17F3N4. The summed E-state index contributed by atoms with van der Waals surface area (Å²) in [6.45, 7) is 5.46. The minimum atomic E-state index is -4.43. The van der Waals surface area contributed by atoms with Gasteiger partial charge in [0.25, 0.3) is 0 Å². The second-order valence-electron chi connectivity index (χ2n) is 4.34. The predicted octanol–water partition coefficient (Wildman–Crippen LogP) is 2.23. The molecule has 0 saturated carbocycles. The van der Waals surface area contributed by atoms with Crippen molar-refractivity contribution in [3.63, 3.8) is 0 Å². The van der Waals surface area contributed by atoms with Crippen LogP contribution >= 0.6 is 0 Å². The number of halogens is 3. The number of alkyl halides is 3. The van der Waals surface area contributed by atoms with Crippen molar-refractivity contribution >= 4 is 0 Å². The predicted molar refractivity (Wildman–Crippen MR) is 57.3 cm³/mol. The van der Waals surface area contributed by atoms with E-state index in [1.165, 1.54) is 0 Å². The van der Waals surface area contributed by atoms with Gasteiger partial charge in [-0.15, -0.1) is 5.10 Å². The van der Waals surface area contributed by atoms with Gasteiger partial charge >= 0.3 is 6.18 Å². The summed E-state index contributed by atoms with van der Waals surface area (Å²) >= 11 is 0. The van der Waals surface area contributed by atoms with E-state index in [1.54, 1.807) is 14.0 Å². The Hall–Kier alpha value is -1.11. The molecule has 1 rings (SSSR count). The van der Waals surface area contributed by atoms with E-state index in [0.717, 1.165) is 4.68 Å². The van der Waals surface area contributed by atoms with E-state index < -0.39 is 11.9 Å². The average molecular weight is 250 g/mol. The van der Waals surface area contributed by atoms with Crippen LogP contribution in [0.1, 0.15) is 38.2 Å². The van der Waals surface area contributed by atoms with Crippen molar-refractivity contribution < 1.29 is 13.2 Å². The topological polar surface area (TPSA) is 42.7 Å². The van der Waals surface area contributed by atoms with Gasteiger partial charge in [0, 0.05) is 6.54 Å². The molecule has 0 bridgehead atoms. The molecule has 4 nitrogen and oxygen atoms in total. The Morgan fingerprint density at radius 3 is 2.29 bits per heavy atom. The fourth-order valence-corrected chi connectivity index (χ4v) is 1.47. The van der Waals surface area contributed by atoms with Crippen molar-refractivity contribution in [3.05, 3.63) is 11.4 Å². The molecule has 0 aliphatic rings. The zero-order valence-electron chi connectivity index (χ0n) is 10.3. The molecule has 0 fully saturated rings. The number of rotatable bonds is 4. The zero-order chi connectivity index (χ0) is 13.2. The largest absolute Gasteiger partial charge is 0.434 e. The van der Waals surface area contributed by atoms with Gasteiger partial charge in [0.05, 0.1) is 6.04 Å². The fourth-order valence-electron chi connectivity index (χ4n) is 1.47. The first-order valence-electron chi connectivity index (χ1n) is 5.44. The highest BCUT2D eigenvalue weighted by Gasteiger charge is 2.40. The van der Waals surface area contributed by atoms with E-state index >= 15 is 0 Å². The van der Waals surface area contributed by atoms with Crippen LogP contribution in [0.2, 0.25) is 0 Å². The summed E-state index contributed by atoms with van der Waals surface area (Å²) in [5.74, 6) is 0.0558. The van der Waals surface area contributed by atoms with Crippen LogP contribution in [-0.4, -0.2) is 22.0 Å². The normalized spacial score (nSPS) is 14.4. The van der Waals surface area contributed by atoms with Crippen LogP contribution in [0.15, 0.2) is 0 Å². The maximum absolute atomic E-state index is 13.0. The maximum Gasteiger partial charge on any atom is 0.434 e. The Kier molecular flexibility index (Phi) is 4.13. The lowest BCUT2D eigenvalue weighted by Gasteiger charge is -2.19. The summed E-state index contributed by atoms with van der Waals surface area (Å²) in [6, 6.07) is -0.343. The molecular weight excluding hydrogens is 233 g/mol. The summed E-state index contributed by atoms with van der Waals surface area (Å²) in [7, 11) is 1.57. The molecule has 0 aliphatic heterocycles. The van der Waals surface area contributed by atoms with Crippen molar-refractivity contribution in [3.8, 4) is 0 Å². The van der Waals surface area contributed by atoms with Gasteiger partial charge in [-0.1, -0.05) is 19.1 Å². The summed E-state index contributed by atoms with van der Waals surface area (Å²) < 4.78 is 39.9. The molecule has 17 heavy (non-hydrogen) atoms. The summed E-state index contributed by atoms with van der Waals surface area (Å²) in [4.78, 5) is 0. The van der Waals surface area contributed by atoms with Gasteiger partial charge in [0.1, 0.15) is 5.69 Å². The van der Waals surface area contributed by atoms with E-state index in [2.05, 4.69) is 15.6 Å². The summed E-state index contributed by atoms with van der Waals surface area (Å²) in [5.41, 5.74) is -0.819. The third-order valence-corrected chi connectivity index (χ3v) is 2.73. The molecule has 0 spiro atoms. The molecule has 0 aliphatic carbocycles. The maximum atomic E-state index is 13.0. The van der Waals surface area contributed by atoms with Crippen molar-refractivity contribution in [2.45, 2.75) is 39.5 Å². The van der Waals surface area contributed by atoms with Crippen LogP contribution in [0.4, 0.5) is 13.2 Å². The molecule has 7 heteroatoms. The van der Waals surface area contributed by atoms with E-state index in [0.29, 0.717) is 0 Å². The van der Waals surface area contributed by atoms with Gasteiger partial charge in [-0.3, -0.25) is 0 Å². The Balaban J connectivity index is 3.23. The summed E-state index contributed by atoms with van der Waals surface area (Å²) in [6.07, 6.45) is -4.43. The number of nitrogens with zero attached hydrogens (tertiary/aromatic N) is 3. The highest BCUT2D eigenvalue weighted by Crippen LogP contribution is 2.33. The third-order valence-electron chi connectivity index (χ3n) is 2.73. The first kappa shape index (κ1) is 14.0. The van der Waals surface area contributed by atoms with E-state index in [1.807, 2.05) is 13.8 Å². The molecule has 0 aromatic carbocycles. The van der Waals surface area contributed by atoms with Crippen LogP contribution in [-0.2, 0) is 12.7 Å². The van der Waals surface area contributed by atoms with Crippen LogP contribution < -0.4 is 5.32 Å². The smallest absolute Gasteiger partial charge is 0.314 e. The first-order valence-corrected chi connectivity index (χ1v) is 5.44. The molecule has 98 valence electrons. The van der Waals surface area contributed by atoms with Gasteiger partial charge in [-0.25, -0.2) is 4.68 Å². The van der Waals surface area contributed by atoms with Crippen molar-refractivity contribution in [1.29, 1.82) is 0 Å². The SMILES string of the molecule is CNCc1nnn(C(C)C(C)C)c1C(F)(F)F. The minimum absolute atomic E-state index is 0.0552. The monoisotopic (exact) mass is 250 g/mol. The average Bonchev–Trinajstić information content (AvgIpc) is 2.60. The lowest BCUT2D eigenvalue weighted by atomic mass is 10.1. The fraction of sp³-hybridized carbons (Fsp3) is 0.800. The molecule has 1 atom stereocenters. The molecule has 1 unspecified atom stereocenters. The third kappa shape index (κ3) is 2.96. The van der Waals surface area contributed by atoms with Gasteiger partial charge in [-0.05, 0) is 19.9 Å². The molecule has 1 aromatic heterocycles. The Labute approximate surface area is 98.2 Å². The van der Waals surface area contributed by atoms with Crippen molar-refractivity contribution in [2.24, 2.45) is 5.92 Å². The van der Waals surface area contributed by atoms with Crippen LogP contribution in [0.3, 0.4) is 0 Å². The first-order chi connectivity index (χ1) is 7.79. The van der Waals surface area contributed by atoms with Gasteiger partial charge in [0.2, 0.25) is 0 Å². The van der Waals surface area contributed by atoms with Crippen LogP contribution in [0.5, 0.6) is 0 Å². The van der Waals surface area contributed by atoms with E-state index in [4.69, 9.17) is 0 Å². The molecule has 1 aromatic rings. The quantitative estimate of drug-likeness (QED) is 0.891. The highest BCUT2D eigenvalue weighted by atomic mass is 19.4. The standard InChI is InChI=1S/C10H17F3N4/c1-6(2)7(3)17-9(10(11,12)13)8(5-14-4)15-16-17/h6-7,14H,5H2,1-4H3. The molecule has 0 radical (unpaired) electrons. The second kappa shape index (κ2) is 5.03. The highest BCUT2D eigenvalue weighted by molar-refractivity contribution is 5.14.